The molecule has 0 atom stereocenters. The van der Waals surface area contributed by atoms with Crippen LogP contribution in [0, 0.1) is 5.41 Å². The Labute approximate surface area is 113 Å². The molecule has 1 aromatic carbocycles. The van der Waals surface area contributed by atoms with Gasteiger partial charge in [-0.25, -0.2) is 4.98 Å². The molecular formula is C10H12BrN5S. The smallest absolute Gasteiger partial charge is 0.192 e. The summed E-state index contributed by atoms with van der Waals surface area (Å²) in [5, 5.41) is 12.2. The van der Waals surface area contributed by atoms with E-state index in [-0.39, 0.29) is 22.9 Å². The molecular weight excluding hydrogens is 302 g/mol. The lowest BCUT2D eigenvalue weighted by atomic mass is 10.1. The van der Waals surface area contributed by atoms with Crippen molar-refractivity contribution in [3.05, 3.63) is 29.6 Å². The predicted octanol–water partition coefficient (Wildman–Crippen LogP) is 2.28. The molecule has 1 aromatic heterocycles. The second kappa shape index (κ2) is 5.65. The molecule has 0 aliphatic carbocycles. The van der Waals surface area contributed by atoms with Gasteiger partial charge in [0.2, 0.25) is 0 Å². The first-order valence-electron chi connectivity index (χ1n) is 4.57. The Morgan fingerprint density at radius 2 is 2.18 bits per heavy atom. The van der Waals surface area contributed by atoms with Crippen molar-refractivity contribution in [2.24, 2.45) is 5.73 Å². The number of benzene rings is 1. The molecule has 0 spiro atoms. The number of nitrogens with zero attached hydrogens (tertiary/aromatic N) is 1. The van der Waals surface area contributed by atoms with Gasteiger partial charge in [0.1, 0.15) is 0 Å². The number of hydrogen-bond acceptors (Lipinski definition) is 4. The van der Waals surface area contributed by atoms with Gasteiger partial charge in [0.15, 0.2) is 11.1 Å². The van der Waals surface area contributed by atoms with Crippen molar-refractivity contribution in [1.29, 1.82) is 5.41 Å². The number of anilines is 2. The van der Waals surface area contributed by atoms with Gasteiger partial charge in [0.05, 0.1) is 5.69 Å². The lowest BCUT2D eigenvalue weighted by Gasteiger charge is -1.98. The first kappa shape index (κ1) is 13.5. The van der Waals surface area contributed by atoms with Crippen molar-refractivity contribution in [1.82, 2.24) is 4.98 Å². The standard InChI is InChI=1S/C10H11N5S.BrH/c11-7-3-1-2-6(4-7)8-5-16-10(14-8)15-9(12)13;/h1-5H,11H2,(H4,12,13,14,15);1H. The van der Waals surface area contributed by atoms with Crippen LogP contribution >= 0.6 is 28.3 Å². The Hall–Kier alpha value is -1.60. The third kappa shape index (κ3) is 3.43. The molecule has 0 aliphatic heterocycles. The van der Waals surface area contributed by atoms with Crippen LogP contribution in [0.25, 0.3) is 11.3 Å². The zero-order chi connectivity index (χ0) is 11.5. The average Bonchev–Trinajstić information content (AvgIpc) is 2.65. The van der Waals surface area contributed by atoms with E-state index in [1.54, 1.807) is 0 Å². The summed E-state index contributed by atoms with van der Waals surface area (Å²) in [5.41, 5.74) is 13.4. The van der Waals surface area contributed by atoms with E-state index >= 15 is 0 Å². The molecule has 0 bridgehead atoms. The topological polar surface area (TPSA) is 101 Å². The van der Waals surface area contributed by atoms with Crippen molar-refractivity contribution < 1.29 is 0 Å². The monoisotopic (exact) mass is 313 g/mol. The molecule has 5 nitrogen and oxygen atoms in total. The summed E-state index contributed by atoms with van der Waals surface area (Å²) < 4.78 is 0. The summed E-state index contributed by atoms with van der Waals surface area (Å²) >= 11 is 1.39. The van der Waals surface area contributed by atoms with Gasteiger partial charge in [-0.15, -0.1) is 28.3 Å². The molecule has 90 valence electrons. The normalized spacial score (nSPS) is 9.41. The van der Waals surface area contributed by atoms with E-state index in [2.05, 4.69) is 10.3 Å². The largest absolute Gasteiger partial charge is 0.399 e. The van der Waals surface area contributed by atoms with E-state index in [9.17, 15) is 0 Å². The molecule has 0 saturated heterocycles. The molecule has 0 fully saturated rings. The van der Waals surface area contributed by atoms with Crippen LogP contribution in [0.2, 0.25) is 0 Å². The van der Waals surface area contributed by atoms with Crippen LogP contribution in [-0.4, -0.2) is 10.9 Å². The maximum absolute atomic E-state index is 7.09. The molecule has 2 aromatic rings. The van der Waals surface area contributed by atoms with Crippen LogP contribution in [0.4, 0.5) is 10.8 Å². The van der Waals surface area contributed by atoms with Crippen molar-refractivity contribution in [3.63, 3.8) is 0 Å². The highest BCUT2D eigenvalue weighted by molar-refractivity contribution is 8.93. The van der Waals surface area contributed by atoms with Gasteiger partial charge in [-0.05, 0) is 12.1 Å². The highest BCUT2D eigenvalue weighted by Gasteiger charge is 2.04. The molecule has 0 radical (unpaired) electrons. The fourth-order valence-corrected chi connectivity index (χ4v) is 2.01. The molecule has 0 saturated carbocycles. The first-order valence-corrected chi connectivity index (χ1v) is 5.45. The quantitative estimate of drug-likeness (QED) is 0.388. The molecule has 6 N–H and O–H groups in total. The Bertz CT molecular complexity index is 525. The van der Waals surface area contributed by atoms with Crippen LogP contribution in [0.3, 0.4) is 0 Å². The van der Waals surface area contributed by atoms with E-state index in [1.807, 2.05) is 29.6 Å². The maximum Gasteiger partial charge on any atom is 0.192 e. The highest BCUT2D eigenvalue weighted by Crippen LogP contribution is 2.25. The zero-order valence-electron chi connectivity index (χ0n) is 8.81. The van der Waals surface area contributed by atoms with E-state index in [0.29, 0.717) is 10.8 Å². The second-order valence-electron chi connectivity index (χ2n) is 3.20. The number of rotatable bonds is 2. The molecule has 17 heavy (non-hydrogen) atoms. The van der Waals surface area contributed by atoms with Crippen molar-refractivity contribution in [2.75, 3.05) is 11.1 Å². The summed E-state index contributed by atoms with van der Waals surface area (Å²) in [4.78, 5) is 4.29. The second-order valence-corrected chi connectivity index (χ2v) is 4.06. The number of nitrogens with two attached hydrogens (primary N) is 2. The van der Waals surface area contributed by atoms with E-state index in [4.69, 9.17) is 16.9 Å². The van der Waals surface area contributed by atoms with E-state index in [0.717, 1.165) is 11.3 Å². The number of hydrogen-bond donors (Lipinski definition) is 4. The van der Waals surface area contributed by atoms with Crippen LogP contribution in [0.1, 0.15) is 0 Å². The molecule has 0 amide bonds. The molecule has 0 aliphatic rings. The minimum atomic E-state index is -0.117. The van der Waals surface area contributed by atoms with Crippen LogP contribution < -0.4 is 16.8 Å². The van der Waals surface area contributed by atoms with Gasteiger partial charge in [-0.1, -0.05) is 12.1 Å². The summed E-state index contributed by atoms with van der Waals surface area (Å²) in [6.45, 7) is 0. The maximum atomic E-state index is 7.09. The molecule has 1 heterocycles. The zero-order valence-corrected chi connectivity index (χ0v) is 11.3. The predicted molar refractivity (Wildman–Crippen MR) is 77.8 cm³/mol. The summed E-state index contributed by atoms with van der Waals surface area (Å²) in [7, 11) is 0. The van der Waals surface area contributed by atoms with Gasteiger partial charge < -0.3 is 16.8 Å². The Balaban J connectivity index is 0.00000144. The lowest BCUT2D eigenvalue weighted by Crippen LogP contribution is -2.20. The van der Waals surface area contributed by atoms with Crippen LogP contribution in [0.5, 0.6) is 0 Å². The fraction of sp³-hybridized carbons (Fsp3) is 0. The Kier molecular flexibility index (Phi) is 4.47. The van der Waals surface area contributed by atoms with E-state index in [1.165, 1.54) is 11.3 Å². The SMILES string of the molecule is Br.N=C(N)Nc1nc(-c2cccc(N)c2)cs1. The summed E-state index contributed by atoms with van der Waals surface area (Å²) in [5.74, 6) is -0.117. The third-order valence-corrected chi connectivity index (χ3v) is 2.69. The van der Waals surface area contributed by atoms with Crippen LogP contribution in [-0.2, 0) is 0 Å². The molecule has 0 unspecified atom stereocenters. The Morgan fingerprint density at radius 3 is 2.82 bits per heavy atom. The summed E-state index contributed by atoms with van der Waals surface area (Å²) in [6, 6.07) is 7.49. The minimum absolute atomic E-state index is 0. The number of nitrogen functional groups attached to an aromatic ring is 1. The van der Waals surface area contributed by atoms with E-state index < -0.39 is 0 Å². The molecule has 7 heteroatoms. The fourth-order valence-electron chi connectivity index (χ4n) is 1.28. The Morgan fingerprint density at radius 1 is 1.41 bits per heavy atom. The summed E-state index contributed by atoms with van der Waals surface area (Å²) in [6.07, 6.45) is 0. The first-order chi connectivity index (χ1) is 7.65. The van der Waals surface area contributed by atoms with Gasteiger partial charge in [0, 0.05) is 16.6 Å². The van der Waals surface area contributed by atoms with Gasteiger partial charge in [0.25, 0.3) is 0 Å². The number of guanidine groups is 1. The van der Waals surface area contributed by atoms with Crippen LogP contribution in [0.15, 0.2) is 29.6 Å². The minimum Gasteiger partial charge on any atom is -0.399 e. The highest BCUT2D eigenvalue weighted by atomic mass is 79.9. The van der Waals surface area contributed by atoms with Crippen molar-refractivity contribution in [3.8, 4) is 11.3 Å². The number of aromatic nitrogens is 1. The number of nitrogens with one attached hydrogen (secondary N) is 2. The number of thiazole rings is 1. The lowest BCUT2D eigenvalue weighted by molar-refractivity contribution is 1.36. The van der Waals surface area contributed by atoms with Gasteiger partial charge in [-0.3, -0.25) is 5.41 Å². The van der Waals surface area contributed by atoms with Gasteiger partial charge >= 0.3 is 0 Å². The van der Waals surface area contributed by atoms with Crippen molar-refractivity contribution >= 4 is 45.1 Å². The number of halogens is 1. The van der Waals surface area contributed by atoms with Crippen molar-refractivity contribution in [2.45, 2.75) is 0 Å². The third-order valence-electron chi connectivity index (χ3n) is 1.93. The molecule has 2 rings (SSSR count). The average molecular weight is 314 g/mol. The van der Waals surface area contributed by atoms with Gasteiger partial charge in [-0.2, -0.15) is 0 Å².